The Kier molecular flexibility index (Phi) is 9.68. The van der Waals surface area contributed by atoms with Gasteiger partial charge in [0.05, 0.1) is 18.1 Å². The van der Waals surface area contributed by atoms with Crippen molar-refractivity contribution in [3.63, 3.8) is 0 Å². The zero-order valence-electron chi connectivity index (χ0n) is 25.2. The molecular formula is C31H40N6O3Si. The number of carbonyl (C=O) groups excluding carboxylic acids is 2. The summed E-state index contributed by atoms with van der Waals surface area (Å²) in [6, 6.07) is 14.5. The minimum atomic E-state index is -1.89. The molecule has 2 amide bonds. The Hall–Kier alpha value is -4.07. The van der Waals surface area contributed by atoms with E-state index in [9.17, 15) is 14.9 Å². The summed E-state index contributed by atoms with van der Waals surface area (Å²) in [6.45, 7) is 17.4. The van der Waals surface area contributed by atoms with Crippen LogP contribution in [0.1, 0.15) is 66.6 Å². The molecule has 216 valence electrons. The van der Waals surface area contributed by atoms with Crippen molar-refractivity contribution in [3.05, 3.63) is 77.2 Å². The maximum Gasteiger partial charge on any atom is 0.278 e. The largest absolute Gasteiger partial charge is 0.415 e. The fourth-order valence-corrected chi connectivity index (χ4v) is 4.70. The molecule has 1 aromatic heterocycles. The fourth-order valence-electron chi connectivity index (χ4n) is 3.66. The standard InChI is InChI=1S/C31H40N6O3Si/c1-21-12-13-24(36-28(38)22-10-9-11-23(18-22)31(5,6)20-32)19-25(21)37-29(39)26-27(34-15-14-33-26)35-16-17-40-41(7,8)30(2,3)4/h9-15,18-19H,16-17H2,1-8H3,(H,34,35)(H,36,38)(H,37,39). The number of aromatic nitrogens is 2. The average Bonchev–Trinajstić information content (AvgIpc) is 2.92. The molecule has 0 unspecified atom stereocenters. The second-order valence-corrected chi connectivity index (χ2v) is 16.9. The number of carbonyl (C=O) groups is 2. The molecule has 3 N–H and O–H groups in total. The predicted molar refractivity (Wildman–Crippen MR) is 166 cm³/mol. The van der Waals surface area contributed by atoms with Gasteiger partial charge >= 0.3 is 0 Å². The molecule has 0 aliphatic carbocycles. The summed E-state index contributed by atoms with van der Waals surface area (Å²) in [5.74, 6) is -0.378. The predicted octanol–water partition coefficient (Wildman–Crippen LogP) is 6.52. The Labute approximate surface area is 243 Å². The molecule has 0 radical (unpaired) electrons. The average molecular weight is 573 g/mol. The lowest BCUT2D eigenvalue weighted by molar-refractivity contribution is 0.101. The van der Waals surface area contributed by atoms with Crippen molar-refractivity contribution in [2.45, 2.75) is 65.1 Å². The second-order valence-electron chi connectivity index (χ2n) is 12.0. The van der Waals surface area contributed by atoms with Crippen LogP contribution in [0.5, 0.6) is 0 Å². The Morgan fingerprint density at radius 3 is 2.37 bits per heavy atom. The summed E-state index contributed by atoms with van der Waals surface area (Å²) in [7, 11) is -1.89. The first-order valence-electron chi connectivity index (χ1n) is 13.6. The molecule has 3 aromatic rings. The van der Waals surface area contributed by atoms with E-state index in [1.54, 1.807) is 44.2 Å². The Bertz CT molecular complexity index is 1460. The normalized spacial score (nSPS) is 11.9. The van der Waals surface area contributed by atoms with Crippen LogP contribution in [0.4, 0.5) is 17.2 Å². The van der Waals surface area contributed by atoms with Gasteiger partial charge in [0.2, 0.25) is 0 Å². The van der Waals surface area contributed by atoms with Crippen molar-refractivity contribution in [1.82, 2.24) is 9.97 Å². The third-order valence-corrected chi connectivity index (χ3v) is 12.0. The van der Waals surface area contributed by atoms with Gasteiger partial charge in [-0.15, -0.1) is 0 Å². The van der Waals surface area contributed by atoms with Crippen LogP contribution in [0.3, 0.4) is 0 Å². The zero-order chi connectivity index (χ0) is 30.4. The maximum absolute atomic E-state index is 13.2. The SMILES string of the molecule is Cc1ccc(NC(=O)c2cccc(C(C)(C)C#N)c2)cc1NC(=O)c1nccnc1NCCO[Si](C)(C)C(C)(C)C. The number of anilines is 3. The van der Waals surface area contributed by atoms with E-state index in [4.69, 9.17) is 4.43 Å². The highest BCUT2D eigenvalue weighted by Gasteiger charge is 2.36. The van der Waals surface area contributed by atoms with E-state index in [-0.39, 0.29) is 16.6 Å². The summed E-state index contributed by atoms with van der Waals surface area (Å²) in [6.07, 6.45) is 3.00. The van der Waals surface area contributed by atoms with Gasteiger partial charge in [-0.3, -0.25) is 9.59 Å². The lowest BCUT2D eigenvalue weighted by Crippen LogP contribution is -2.41. The van der Waals surface area contributed by atoms with Crippen molar-refractivity contribution >= 4 is 37.3 Å². The molecule has 10 heteroatoms. The summed E-state index contributed by atoms with van der Waals surface area (Å²) >= 11 is 0. The summed E-state index contributed by atoms with van der Waals surface area (Å²) in [4.78, 5) is 34.8. The minimum absolute atomic E-state index is 0.106. The van der Waals surface area contributed by atoms with Crippen LogP contribution in [0, 0.1) is 18.3 Å². The maximum atomic E-state index is 13.2. The molecule has 9 nitrogen and oxygen atoms in total. The molecule has 0 saturated heterocycles. The quantitative estimate of drug-likeness (QED) is 0.186. The van der Waals surface area contributed by atoms with E-state index in [1.807, 2.05) is 19.1 Å². The number of nitriles is 1. The number of hydrogen-bond acceptors (Lipinski definition) is 7. The van der Waals surface area contributed by atoms with Crippen molar-refractivity contribution in [2.75, 3.05) is 29.1 Å². The number of nitrogens with one attached hydrogen (secondary N) is 3. The van der Waals surface area contributed by atoms with Crippen molar-refractivity contribution < 1.29 is 14.0 Å². The summed E-state index contributed by atoms with van der Waals surface area (Å²) in [5, 5.41) is 18.5. The number of rotatable bonds is 10. The lowest BCUT2D eigenvalue weighted by atomic mass is 9.85. The number of hydrogen-bond donors (Lipinski definition) is 3. The topological polar surface area (TPSA) is 129 Å². The molecule has 0 spiro atoms. The minimum Gasteiger partial charge on any atom is -0.415 e. The number of benzene rings is 2. The van der Waals surface area contributed by atoms with Crippen LogP contribution >= 0.6 is 0 Å². The molecule has 3 rings (SSSR count). The van der Waals surface area contributed by atoms with Crippen molar-refractivity contribution in [1.29, 1.82) is 5.26 Å². The van der Waals surface area contributed by atoms with Crippen LogP contribution in [-0.2, 0) is 9.84 Å². The van der Waals surface area contributed by atoms with Gasteiger partial charge in [-0.2, -0.15) is 5.26 Å². The first-order chi connectivity index (χ1) is 19.1. The van der Waals surface area contributed by atoms with Crippen LogP contribution in [-0.4, -0.2) is 43.3 Å². The monoisotopic (exact) mass is 572 g/mol. The summed E-state index contributed by atoms with van der Waals surface area (Å²) in [5.41, 5.74) is 2.49. The molecule has 0 bridgehead atoms. The zero-order valence-corrected chi connectivity index (χ0v) is 26.2. The van der Waals surface area contributed by atoms with Gasteiger partial charge in [-0.25, -0.2) is 9.97 Å². The van der Waals surface area contributed by atoms with E-state index in [2.05, 4.69) is 65.9 Å². The van der Waals surface area contributed by atoms with Gasteiger partial charge < -0.3 is 20.4 Å². The van der Waals surface area contributed by atoms with E-state index in [0.29, 0.717) is 35.9 Å². The molecular weight excluding hydrogens is 532 g/mol. The third-order valence-electron chi connectivity index (χ3n) is 7.45. The summed E-state index contributed by atoms with van der Waals surface area (Å²) < 4.78 is 6.21. The number of aryl methyl sites for hydroxylation is 1. The van der Waals surface area contributed by atoms with E-state index in [0.717, 1.165) is 11.1 Å². The van der Waals surface area contributed by atoms with Gasteiger partial charge in [-0.05, 0) is 74.3 Å². The molecule has 41 heavy (non-hydrogen) atoms. The van der Waals surface area contributed by atoms with Gasteiger partial charge in [-0.1, -0.05) is 39.0 Å². The smallest absolute Gasteiger partial charge is 0.278 e. The first kappa shape index (κ1) is 31.5. The highest BCUT2D eigenvalue weighted by atomic mass is 28.4. The molecule has 0 fully saturated rings. The molecule has 0 aliphatic rings. The van der Waals surface area contributed by atoms with Crippen LogP contribution in [0.15, 0.2) is 54.9 Å². The van der Waals surface area contributed by atoms with Crippen LogP contribution in [0.2, 0.25) is 18.1 Å². The van der Waals surface area contributed by atoms with Gasteiger partial charge in [0, 0.05) is 35.9 Å². The molecule has 0 atom stereocenters. The second kappa shape index (κ2) is 12.6. The van der Waals surface area contributed by atoms with Crippen LogP contribution in [0.25, 0.3) is 0 Å². The van der Waals surface area contributed by atoms with E-state index < -0.39 is 19.6 Å². The molecule has 2 aromatic carbocycles. The fraction of sp³-hybridized carbons (Fsp3) is 0.387. The lowest BCUT2D eigenvalue weighted by Gasteiger charge is -2.36. The molecule has 0 saturated carbocycles. The number of nitrogens with zero attached hydrogens (tertiary/aromatic N) is 3. The third kappa shape index (κ3) is 7.99. The molecule has 0 aliphatic heterocycles. The van der Waals surface area contributed by atoms with Crippen LogP contribution < -0.4 is 16.0 Å². The van der Waals surface area contributed by atoms with Crippen molar-refractivity contribution in [3.8, 4) is 6.07 Å². The Morgan fingerprint density at radius 1 is 0.976 bits per heavy atom. The Balaban J connectivity index is 1.70. The highest BCUT2D eigenvalue weighted by molar-refractivity contribution is 6.74. The van der Waals surface area contributed by atoms with Gasteiger partial charge in [0.25, 0.3) is 11.8 Å². The molecule has 1 heterocycles. The van der Waals surface area contributed by atoms with Gasteiger partial charge in [0.15, 0.2) is 19.8 Å². The van der Waals surface area contributed by atoms with Gasteiger partial charge in [0.1, 0.15) is 0 Å². The van der Waals surface area contributed by atoms with E-state index in [1.165, 1.54) is 12.4 Å². The first-order valence-corrected chi connectivity index (χ1v) is 16.5. The highest BCUT2D eigenvalue weighted by Crippen LogP contribution is 2.36. The number of amides is 2. The van der Waals surface area contributed by atoms with E-state index >= 15 is 0 Å². The van der Waals surface area contributed by atoms with Crippen molar-refractivity contribution in [2.24, 2.45) is 0 Å². The Morgan fingerprint density at radius 2 is 1.68 bits per heavy atom.